The average Bonchev–Trinajstić information content (AvgIpc) is 2.76. The zero-order chi connectivity index (χ0) is 22.3. The Morgan fingerprint density at radius 1 is 1.12 bits per heavy atom. The van der Waals surface area contributed by atoms with Crippen LogP contribution in [0, 0.1) is 0 Å². The first-order valence-electron chi connectivity index (χ1n) is 11.4. The lowest BCUT2D eigenvalue weighted by Crippen LogP contribution is -2.56. The summed E-state index contributed by atoms with van der Waals surface area (Å²) in [5.74, 6) is 0.819. The molecular weight excluding hydrogens is 408 g/mol. The molecule has 2 aliphatic rings. The van der Waals surface area contributed by atoms with Crippen molar-refractivity contribution >= 4 is 17.5 Å². The van der Waals surface area contributed by atoms with Crippen molar-refractivity contribution in [3.8, 4) is 0 Å². The first-order valence-corrected chi connectivity index (χ1v) is 11.4. The molecule has 0 aliphatic carbocycles. The molecule has 10 heteroatoms. The van der Waals surface area contributed by atoms with Crippen LogP contribution in [-0.2, 0) is 6.54 Å². The Bertz CT molecular complexity index is 949. The molecule has 172 valence electrons. The van der Waals surface area contributed by atoms with Crippen LogP contribution in [0.2, 0.25) is 0 Å². The van der Waals surface area contributed by atoms with Crippen molar-refractivity contribution in [2.24, 2.45) is 5.73 Å². The summed E-state index contributed by atoms with van der Waals surface area (Å²) in [6, 6.07) is 5.70. The third-order valence-corrected chi connectivity index (χ3v) is 6.03. The summed E-state index contributed by atoms with van der Waals surface area (Å²) in [6.45, 7) is 5.43. The van der Waals surface area contributed by atoms with E-state index >= 15 is 0 Å². The highest BCUT2D eigenvalue weighted by molar-refractivity contribution is 5.94. The van der Waals surface area contributed by atoms with Gasteiger partial charge in [0.15, 0.2) is 0 Å². The number of carbonyl (C=O) groups is 1. The summed E-state index contributed by atoms with van der Waals surface area (Å²) in [6.07, 6.45) is 7.39. The van der Waals surface area contributed by atoms with E-state index in [1.807, 2.05) is 0 Å². The average molecular weight is 441 g/mol. The van der Waals surface area contributed by atoms with Crippen LogP contribution in [0.1, 0.15) is 36.0 Å². The summed E-state index contributed by atoms with van der Waals surface area (Å²) >= 11 is 0. The van der Waals surface area contributed by atoms with Gasteiger partial charge in [-0.05, 0) is 63.5 Å². The topological polar surface area (TPSA) is 130 Å². The number of likely N-dealkylation sites (tertiary alicyclic amines) is 1. The number of rotatable bonds is 9. The Labute approximate surface area is 187 Å². The van der Waals surface area contributed by atoms with Gasteiger partial charge in [0.05, 0.1) is 11.6 Å². The fraction of sp³-hybridized carbons (Fsp3) is 0.545. The lowest BCUT2D eigenvalue weighted by molar-refractivity contribution is 0.0923. The van der Waals surface area contributed by atoms with Gasteiger partial charge in [0.1, 0.15) is 11.6 Å². The second-order valence-corrected chi connectivity index (χ2v) is 8.56. The van der Waals surface area contributed by atoms with Crippen molar-refractivity contribution < 1.29 is 4.79 Å². The smallest absolute Gasteiger partial charge is 0.347 e. The van der Waals surface area contributed by atoms with Gasteiger partial charge in [-0.2, -0.15) is 4.98 Å². The van der Waals surface area contributed by atoms with Crippen molar-refractivity contribution in [3.05, 3.63) is 46.6 Å². The van der Waals surface area contributed by atoms with E-state index in [0.717, 1.165) is 58.4 Å². The first-order chi connectivity index (χ1) is 15.6. The number of nitrogens with zero attached hydrogens (tertiary/aromatic N) is 4. The number of unbranched alkanes of at least 4 members (excludes halogenated alkanes) is 1. The second kappa shape index (κ2) is 10.7. The fourth-order valence-electron chi connectivity index (χ4n) is 3.86. The molecule has 32 heavy (non-hydrogen) atoms. The molecule has 2 fully saturated rings. The number of amides is 1. The molecule has 1 amide bonds. The van der Waals surface area contributed by atoms with Gasteiger partial charge in [-0.1, -0.05) is 0 Å². The van der Waals surface area contributed by atoms with Crippen LogP contribution in [0.25, 0.3) is 0 Å². The van der Waals surface area contributed by atoms with Crippen molar-refractivity contribution in [1.82, 2.24) is 30.1 Å². The largest absolute Gasteiger partial charge is 0.349 e. The van der Waals surface area contributed by atoms with Gasteiger partial charge in [0.2, 0.25) is 0 Å². The van der Waals surface area contributed by atoms with Crippen molar-refractivity contribution in [2.75, 3.05) is 38.0 Å². The maximum absolute atomic E-state index is 12.4. The predicted molar refractivity (Wildman–Crippen MR) is 123 cm³/mol. The van der Waals surface area contributed by atoms with E-state index < -0.39 is 0 Å². The van der Waals surface area contributed by atoms with E-state index in [1.54, 1.807) is 29.0 Å². The number of piperidine rings is 1. The number of pyridine rings is 1. The van der Waals surface area contributed by atoms with Crippen LogP contribution < -0.4 is 27.4 Å². The molecule has 10 nitrogen and oxygen atoms in total. The molecule has 0 atom stereocenters. The molecular formula is C22H32N8O2. The van der Waals surface area contributed by atoms with Crippen LogP contribution >= 0.6 is 0 Å². The second-order valence-electron chi connectivity index (χ2n) is 8.56. The number of anilines is 2. The van der Waals surface area contributed by atoms with Gasteiger partial charge < -0.3 is 26.6 Å². The van der Waals surface area contributed by atoms with Crippen LogP contribution in [0.4, 0.5) is 11.6 Å². The van der Waals surface area contributed by atoms with E-state index in [0.29, 0.717) is 29.8 Å². The molecule has 0 unspecified atom stereocenters. The van der Waals surface area contributed by atoms with E-state index in [-0.39, 0.29) is 17.6 Å². The molecule has 5 N–H and O–H groups in total. The first kappa shape index (κ1) is 22.4. The van der Waals surface area contributed by atoms with Gasteiger partial charge in [-0.15, -0.1) is 0 Å². The van der Waals surface area contributed by atoms with E-state index in [2.05, 4.69) is 30.8 Å². The van der Waals surface area contributed by atoms with Gasteiger partial charge in [0.25, 0.3) is 5.91 Å². The van der Waals surface area contributed by atoms with Gasteiger partial charge in [-0.3, -0.25) is 9.36 Å². The van der Waals surface area contributed by atoms with Crippen molar-refractivity contribution in [2.45, 2.75) is 44.3 Å². The lowest BCUT2D eigenvalue weighted by Gasteiger charge is -2.29. The highest BCUT2D eigenvalue weighted by Crippen LogP contribution is 2.12. The Morgan fingerprint density at radius 2 is 1.91 bits per heavy atom. The van der Waals surface area contributed by atoms with Crippen molar-refractivity contribution in [3.63, 3.8) is 0 Å². The zero-order valence-electron chi connectivity index (χ0n) is 18.3. The molecule has 4 rings (SSSR count). The van der Waals surface area contributed by atoms with E-state index in [9.17, 15) is 9.59 Å². The molecule has 0 bridgehead atoms. The lowest BCUT2D eigenvalue weighted by atomic mass is 10.1. The number of carbonyl (C=O) groups excluding carboxylic acids is 1. The summed E-state index contributed by atoms with van der Waals surface area (Å²) < 4.78 is 1.63. The number of hydrogen-bond donors (Lipinski definition) is 4. The third kappa shape index (κ3) is 6.12. The number of hydrogen-bond acceptors (Lipinski definition) is 8. The Balaban J connectivity index is 1.23. The maximum Gasteiger partial charge on any atom is 0.349 e. The number of aryl methyl sites for hydroxylation is 1. The number of nitrogens with two attached hydrogens (primary N) is 1. The minimum Gasteiger partial charge on any atom is -0.347 e. The minimum absolute atomic E-state index is 0.139. The molecule has 2 aromatic heterocycles. The number of nitrogens with one attached hydrogen (secondary N) is 3. The molecule has 4 heterocycles. The van der Waals surface area contributed by atoms with Crippen LogP contribution in [0.5, 0.6) is 0 Å². The van der Waals surface area contributed by atoms with Crippen molar-refractivity contribution in [1.29, 1.82) is 0 Å². The molecule has 0 radical (unpaired) electrons. The van der Waals surface area contributed by atoms with E-state index in [4.69, 9.17) is 5.73 Å². The predicted octanol–water partition coefficient (Wildman–Crippen LogP) is 0.287. The molecule has 0 spiro atoms. The van der Waals surface area contributed by atoms with Crippen LogP contribution in [0.3, 0.4) is 0 Å². The van der Waals surface area contributed by atoms with Gasteiger partial charge in [-0.25, -0.2) is 9.78 Å². The quantitative estimate of drug-likeness (QED) is 0.409. The normalized spacial score (nSPS) is 17.7. The molecule has 2 aliphatic heterocycles. The molecule has 2 saturated heterocycles. The highest BCUT2D eigenvalue weighted by atomic mass is 16.2. The maximum atomic E-state index is 12.4. The Morgan fingerprint density at radius 3 is 2.56 bits per heavy atom. The Kier molecular flexibility index (Phi) is 7.46. The van der Waals surface area contributed by atoms with Crippen LogP contribution in [-0.4, -0.2) is 70.1 Å². The van der Waals surface area contributed by atoms with Gasteiger partial charge >= 0.3 is 5.69 Å². The summed E-state index contributed by atoms with van der Waals surface area (Å²) in [5.41, 5.74) is 6.16. The van der Waals surface area contributed by atoms with Crippen LogP contribution in [0.15, 0.2) is 35.4 Å². The summed E-state index contributed by atoms with van der Waals surface area (Å²) in [7, 11) is 0. The summed E-state index contributed by atoms with van der Waals surface area (Å²) in [4.78, 5) is 35.3. The van der Waals surface area contributed by atoms with Gasteiger partial charge in [0, 0.05) is 38.1 Å². The zero-order valence-corrected chi connectivity index (χ0v) is 18.3. The highest BCUT2D eigenvalue weighted by Gasteiger charge is 2.19. The third-order valence-electron chi connectivity index (χ3n) is 6.03. The Hall–Kier alpha value is -2.82. The molecule has 0 saturated carbocycles. The molecule has 0 aromatic carbocycles. The minimum atomic E-state index is -0.288. The molecule has 2 aromatic rings. The fourth-order valence-corrected chi connectivity index (χ4v) is 3.86. The number of aromatic nitrogens is 3. The SMILES string of the molecule is NC1CCN(CCCCn2ccc(Nc3ccc(C(=O)NC4CNC4)cn3)nc2=O)CC1. The van der Waals surface area contributed by atoms with E-state index in [1.165, 1.54) is 6.20 Å². The summed E-state index contributed by atoms with van der Waals surface area (Å²) in [5, 5.41) is 9.06. The standard InChI is InChI=1S/C22H32N8O2/c23-17-5-10-29(11-6-17)8-1-2-9-30-12-7-20(28-22(30)32)27-19-4-3-16(13-25-19)21(31)26-18-14-24-15-18/h3-4,7,12-13,17-18,24H,1-2,5-6,8-11,14-15,23H2,(H,26,31)(H,25,27,28,32). The monoisotopic (exact) mass is 440 g/mol.